The minimum Gasteiger partial charge on any atom is -0.494 e. The molecule has 10 aliphatic rings. The first-order valence-electron chi connectivity index (χ1n) is 30.4. The van der Waals surface area contributed by atoms with Crippen LogP contribution in [0.15, 0.2) is 11.3 Å². The molecule has 1 unspecified atom stereocenters. The normalized spacial score (nSPS) is 53.6. The molecule has 9 fully saturated rings. The summed E-state index contributed by atoms with van der Waals surface area (Å²) in [6, 6.07) is 0. The summed E-state index contributed by atoms with van der Waals surface area (Å²) in [6.45, 7) is 7.99. The molecule has 84 heavy (non-hydrogen) atoms. The summed E-state index contributed by atoms with van der Waals surface area (Å²) in [6.07, 6.45) is -32.3. The second-order valence-corrected chi connectivity index (χ2v) is 26.5. The van der Waals surface area contributed by atoms with Gasteiger partial charge in [0.05, 0.1) is 51.0 Å². The second kappa shape index (κ2) is 26.4. The number of fused-ring (bicyclic) bond motifs is 7. The molecule has 16 N–H and O–H groups in total. The number of aliphatic hydroxyl groups is 16. The van der Waals surface area contributed by atoms with Crippen molar-refractivity contribution in [1.29, 1.82) is 0 Å². The molecule has 27 nitrogen and oxygen atoms in total. The van der Waals surface area contributed by atoms with E-state index in [2.05, 4.69) is 20.8 Å². The van der Waals surface area contributed by atoms with Crippen LogP contribution in [0.1, 0.15) is 98.8 Å². The fraction of sp³-hybridized carbons (Fsp3) is 0.965. The lowest BCUT2D eigenvalue weighted by Crippen LogP contribution is -2.67. The van der Waals surface area contributed by atoms with E-state index in [-0.39, 0.29) is 41.3 Å². The number of rotatable bonds is 18. The summed E-state index contributed by atoms with van der Waals surface area (Å²) in [5.74, 6) is 2.84. The quantitative estimate of drug-likeness (QED) is 0.0579. The standard InChI is InChI=1S/C57H94O27/c1-21(19-74-51-44(69)41(66)37(62)31(16-58)79-51)6-9-29-22(2)35-30(78-29)15-28-26-8-7-24-14-25(10-12-56(24,4)27(26)11-13-57(28,35)5)77-55-50(84-54-47(72)43(68)39(64)33(18-60)81-54)48(73)49(83-53-46(71)40(65)36(61)23(3)76-53)34(82-55)20-75-52-45(70)42(67)38(63)32(17-59)80-52/h21,23-28,30-55,58-73H,6-20H2,1-5H3/t21-,23-,24+,25-,26+,27-,28-,30?,31+,32+,33+,34+,35-,36-,37+,38+,39+,40+,41-,42-,43-,44+,45+,46+,47+,48-,49+,50+,51+,52+,53-,54-,55+,56-,57-/m0/s1. The Morgan fingerprint density at radius 3 is 1.64 bits per heavy atom. The van der Waals surface area contributed by atoms with Crippen molar-refractivity contribution < 1.29 is 134 Å². The molecule has 0 radical (unpaired) electrons. The Bertz CT molecular complexity index is 2190. The third kappa shape index (κ3) is 12.2. The fourth-order valence-corrected chi connectivity index (χ4v) is 16.5. The van der Waals surface area contributed by atoms with E-state index in [0.717, 1.165) is 50.7 Å². The fourth-order valence-electron chi connectivity index (χ4n) is 16.5. The van der Waals surface area contributed by atoms with Gasteiger partial charge in [-0.3, -0.25) is 0 Å². The zero-order valence-corrected chi connectivity index (χ0v) is 48.3. The smallest absolute Gasteiger partial charge is 0.187 e. The van der Waals surface area contributed by atoms with Gasteiger partial charge in [0.25, 0.3) is 0 Å². The van der Waals surface area contributed by atoms with Gasteiger partial charge in [0, 0.05) is 12.3 Å². The highest BCUT2D eigenvalue weighted by Crippen LogP contribution is 2.70. The first-order valence-corrected chi connectivity index (χ1v) is 30.4. The Labute approximate surface area is 487 Å². The van der Waals surface area contributed by atoms with Crippen LogP contribution in [0.2, 0.25) is 0 Å². The molecule has 0 aromatic heterocycles. The average molecular weight is 1210 g/mol. The average Bonchev–Trinajstić information content (AvgIpc) is 1.73. The predicted molar refractivity (Wildman–Crippen MR) is 281 cm³/mol. The lowest BCUT2D eigenvalue weighted by Gasteiger charge is -2.61. The molecule has 6 heterocycles. The van der Waals surface area contributed by atoms with E-state index in [9.17, 15) is 81.7 Å². The van der Waals surface area contributed by atoms with Crippen molar-refractivity contribution in [1.82, 2.24) is 0 Å². The highest BCUT2D eigenvalue weighted by atomic mass is 16.8. The minimum atomic E-state index is -1.93. The zero-order chi connectivity index (χ0) is 60.6. The van der Waals surface area contributed by atoms with Gasteiger partial charge in [-0.1, -0.05) is 20.8 Å². The highest BCUT2D eigenvalue weighted by molar-refractivity contribution is 5.27. The summed E-state index contributed by atoms with van der Waals surface area (Å²) < 4.78 is 67.2. The largest absolute Gasteiger partial charge is 0.494 e. The van der Waals surface area contributed by atoms with Crippen LogP contribution in [0.4, 0.5) is 0 Å². The topological polar surface area (TPSA) is 425 Å². The molecular weight excluding hydrogens is 1120 g/mol. The van der Waals surface area contributed by atoms with Crippen LogP contribution in [0, 0.1) is 46.3 Å². The van der Waals surface area contributed by atoms with Gasteiger partial charge in [0.2, 0.25) is 0 Å². The van der Waals surface area contributed by atoms with Crippen molar-refractivity contribution in [2.75, 3.05) is 33.0 Å². The predicted octanol–water partition coefficient (Wildman–Crippen LogP) is -4.15. The van der Waals surface area contributed by atoms with Crippen molar-refractivity contribution in [2.45, 2.75) is 265 Å². The Morgan fingerprint density at radius 1 is 0.512 bits per heavy atom. The molecule has 6 aliphatic heterocycles. The van der Waals surface area contributed by atoms with E-state index < -0.39 is 186 Å². The van der Waals surface area contributed by atoms with Gasteiger partial charge in [-0.25, -0.2) is 0 Å². The van der Waals surface area contributed by atoms with Gasteiger partial charge in [-0.05, 0) is 118 Å². The molecule has 4 saturated carbocycles. The van der Waals surface area contributed by atoms with Gasteiger partial charge < -0.3 is 134 Å². The third-order valence-electron chi connectivity index (χ3n) is 21.5. The maximum Gasteiger partial charge on any atom is 0.187 e. The Hall–Kier alpha value is -1.50. The first-order chi connectivity index (χ1) is 39.8. The Balaban J connectivity index is 0.829. The van der Waals surface area contributed by atoms with E-state index in [1.165, 1.54) is 12.5 Å². The van der Waals surface area contributed by atoms with E-state index >= 15 is 0 Å². The first kappa shape index (κ1) is 65.5. The molecular formula is C57H94O27. The van der Waals surface area contributed by atoms with Crippen molar-refractivity contribution in [3.05, 3.63) is 11.3 Å². The number of allylic oxidation sites excluding steroid dienone is 1. The van der Waals surface area contributed by atoms with Crippen molar-refractivity contribution >= 4 is 0 Å². The van der Waals surface area contributed by atoms with Crippen LogP contribution in [-0.4, -0.2) is 280 Å². The van der Waals surface area contributed by atoms with Gasteiger partial charge in [-0.2, -0.15) is 0 Å². The Morgan fingerprint density at radius 2 is 1.04 bits per heavy atom. The van der Waals surface area contributed by atoms with Gasteiger partial charge >= 0.3 is 0 Å². The van der Waals surface area contributed by atoms with Crippen LogP contribution in [0.3, 0.4) is 0 Å². The molecule has 0 amide bonds. The van der Waals surface area contributed by atoms with Crippen LogP contribution in [0.5, 0.6) is 0 Å². The molecule has 484 valence electrons. The highest BCUT2D eigenvalue weighted by Gasteiger charge is 2.65. The van der Waals surface area contributed by atoms with Gasteiger partial charge in [-0.15, -0.1) is 0 Å². The van der Waals surface area contributed by atoms with Crippen LogP contribution in [-0.2, 0) is 52.1 Å². The number of ether oxygens (including phenoxy) is 11. The summed E-state index contributed by atoms with van der Waals surface area (Å²) in [5.41, 5.74) is 1.25. The van der Waals surface area contributed by atoms with Gasteiger partial charge in [0.1, 0.15) is 122 Å². The van der Waals surface area contributed by atoms with Crippen LogP contribution >= 0.6 is 0 Å². The SMILES string of the molecule is CC1=C(CC[C@H](C)CO[C@@H]2O[C@H](CO)[C@@H](O)[C@H](O)[C@H]2O)OC2C[C@H]3[C@@H]4CC[C@@H]5C[C@@H](O[C@@H]6O[C@H](CO[C@@H]7O[C@H](CO)[C@@H](O)[C@H](O)[C@H]7O)[C@@H](O[C@@H]7O[C@@H](C)[C@H](O)[C@@H](O)[C@H]7O)[C@H](O)[C@H]6O[C@@H]6O[C@H](CO)[C@@H](O)[C@H](O)[C@H]6O)CC[C@]5(C)[C@H]4CC[C@]3(C)[C@@H]12. The monoisotopic (exact) mass is 1210 g/mol. The molecule has 0 aromatic carbocycles. The third-order valence-corrected chi connectivity index (χ3v) is 21.5. The van der Waals surface area contributed by atoms with E-state index in [1.54, 1.807) is 0 Å². The van der Waals surface area contributed by atoms with Crippen molar-refractivity contribution in [3.63, 3.8) is 0 Å². The molecule has 0 spiro atoms. The zero-order valence-electron chi connectivity index (χ0n) is 48.3. The van der Waals surface area contributed by atoms with Crippen molar-refractivity contribution in [2.24, 2.45) is 46.3 Å². The molecule has 27 heteroatoms. The van der Waals surface area contributed by atoms with Gasteiger partial charge in [0.15, 0.2) is 31.5 Å². The number of hydrogen-bond donors (Lipinski definition) is 16. The van der Waals surface area contributed by atoms with E-state index in [4.69, 9.17) is 52.1 Å². The lowest BCUT2D eigenvalue weighted by molar-refractivity contribution is -0.395. The molecule has 0 bridgehead atoms. The Kier molecular flexibility index (Phi) is 20.6. The molecule has 5 saturated heterocycles. The molecule has 4 aliphatic carbocycles. The second-order valence-electron chi connectivity index (χ2n) is 26.5. The van der Waals surface area contributed by atoms with Crippen LogP contribution in [0.25, 0.3) is 0 Å². The minimum absolute atomic E-state index is 0.0270. The maximum atomic E-state index is 12.5. The molecule has 35 atom stereocenters. The summed E-state index contributed by atoms with van der Waals surface area (Å²) in [7, 11) is 0. The van der Waals surface area contributed by atoms with E-state index in [0.29, 0.717) is 37.0 Å². The van der Waals surface area contributed by atoms with E-state index in [1.807, 2.05) is 6.92 Å². The summed E-state index contributed by atoms with van der Waals surface area (Å²) in [5, 5.41) is 170. The van der Waals surface area contributed by atoms with Crippen LogP contribution < -0.4 is 0 Å². The summed E-state index contributed by atoms with van der Waals surface area (Å²) in [4.78, 5) is 0. The van der Waals surface area contributed by atoms with Crippen molar-refractivity contribution in [3.8, 4) is 0 Å². The lowest BCUT2D eigenvalue weighted by atomic mass is 9.44. The maximum absolute atomic E-state index is 12.5. The number of hydrogen-bond acceptors (Lipinski definition) is 27. The molecule has 10 rings (SSSR count). The number of aliphatic hydroxyl groups excluding tert-OH is 16. The summed E-state index contributed by atoms with van der Waals surface area (Å²) >= 11 is 0. The molecule has 0 aromatic rings.